The molecule has 0 spiro atoms. The second-order valence-electron chi connectivity index (χ2n) is 4.30. The van der Waals surface area contributed by atoms with Crippen LogP contribution >= 0.6 is 23.2 Å². The summed E-state index contributed by atoms with van der Waals surface area (Å²) in [5.41, 5.74) is 2.89. The first-order valence-electron chi connectivity index (χ1n) is 6.38. The molecule has 0 amide bonds. The maximum absolute atomic E-state index is 5.98. The molecule has 104 valence electrons. The summed E-state index contributed by atoms with van der Waals surface area (Å²) in [6.45, 7) is 2.45. The second-order valence-corrected chi connectivity index (χ2v) is 5.17. The van der Waals surface area contributed by atoms with Crippen molar-refractivity contribution in [3.8, 4) is 0 Å². The fraction of sp³-hybridized carbons (Fsp3) is 0.188. The molecule has 0 N–H and O–H groups in total. The van der Waals surface area contributed by atoms with Gasteiger partial charge in [0, 0.05) is 15.6 Å². The Hall–Kier alpha value is -1.51. The second kappa shape index (κ2) is 7.32. The van der Waals surface area contributed by atoms with E-state index >= 15 is 0 Å². The average Bonchev–Trinajstić information content (AvgIpc) is 2.45. The highest BCUT2D eigenvalue weighted by molar-refractivity contribution is 6.31. The van der Waals surface area contributed by atoms with E-state index in [4.69, 9.17) is 28.0 Å². The van der Waals surface area contributed by atoms with E-state index in [1.165, 1.54) is 0 Å². The van der Waals surface area contributed by atoms with Gasteiger partial charge in [0.05, 0.1) is 5.71 Å². The normalized spacial score (nSPS) is 11.4. The Morgan fingerprint density at radius 2 is 1.80 bits per heavy atom. The smallest absolute Gasteiger partial charge is 0.142 e. The monoisotopic (exact) mass is 307 g/mol. The zero-order chi connectivity index (χ0) is 14.4. The Kier molecular flexibility index (Phi) is 5.45. The predicted octanol–water partition coefficient (Wildman–Crippen LogP) is 5.32. The molecule has 2 rings (SSSR count). The third-order valence-electron chi connectivity index (χ3n) is 2.81. The largest absolute Gasteiger partial charge is 0.391 e. The van der Waals surface area contributed by atoms with Gasteiger partial charge in [-0.3, -0.25) is 0 Å². The van der Waals surface area contributed by atoms with Gasteiger partial charge in [-0.05, 0) is 36.2 Å². The van der Waals surface area contributed by atoms with Crippen molar-refractivity contribution in [2.75, 3.05) is 0 Å². The summed E-state index contributed by atoms with van der Waals surface area (Å²) in [4.78, 5) is 5.41. The fourth-order valence-corrected chi connectivity index (χ4v) is 2.07. The van der Waals surface area contributed by atoms with Gasteiger partial charge in [-0.25, -0.2) is 0 Å². The Balaban J connectivity index is 2.03. The minimum absolute atomic E-state index is 0.418. The lowest BCUT2D eigenvalue weighted by atomic mass is 10.1. The first-order valence-corrected chi connectivity index (χ1v) is 7.14. The number of benzene rings is 2. The summed E-state index contributed by atoms with van der Waals surface area (Å²) >= 11 is 11.8. The van der Waals surface area contributed by atoms with E-state index in [1.807, 2.05) is 55.5 Å². The molecule has 0 aromatic heterocycles. The number of hydrogen-bond donors (Lipinski definition) is 0. The molecule has 0 atom stereocenters. The van der Waals surface area contributed by atoms with Crippen molar-refractivity contribution in [2.45, 2.75) is 20.0 Å². The quantitative estimate of drug-likeness (QED) is 0.541. The molecule has 0 saturated heterocycles. The van der Waals surface area contributed by atoms with Crippen LogP contribution in [0.1, 0.15) is 24.5 Å². The van der Waals surface area contributed by atoms with Gasteiger partial charge in [0.25, 0.3) is 0 Å². The van der Waals surface area contributed by atoms with Gasteiger partial charge in [0.1, 0.15) is 6.61 Å². The highest BCUT2D eigenvalue weighted by Gasteiger charge is 2.03. The van der Waals surface area contributed by atoms with Crippen LogP contribution in [0.5, 0.6) is 0 Å². The Morgan fingerprint density at radius 3 is 2.45 bits per heavy atom. The van der Waals surface area contributed by atoms with E-state index in [2.05, 4.69) is 5.16 Å². The molecular formula is C16H15Cl2NO. The first-order chi connectivity index (χ1) is 9.69. The SMILES string of the molecule is CC/C(=N\OCc1ccc(Cl)cc1)c1cccc(Cl)c1. The lowest BCUT2D eigenvalue weighted by Crippen LogP contribution is -2.00. The maximum atomic E-state index is 5.98. The predicted molar refractivity (Wildman–Crippen MR) is 84.5 cm³/mol. The van der Waals surface area contributed by atoms with Crippen molar-refractivity contribution in [1.29, 1.82) is 0 Å². The third-order valence-corrected chi connectivity index (χ3v) is 3.30. The van der Waals surface area contributed by atoms with Crippen LogP contribution in [-0.4, -0.2) is 5.71 Å². The topological polar surface area (TPSA) is 21.6 Å². The van der Waals surface area contributed by atoms with Crippen LogP contribution in [0.2, 0.25) is 10.0 Å². The molecule has 2 aromatic carbocycles. The number of halogens is 2. The van der Waals surface area contributed by atoms with Crippen molar-refractivity contribution >= 4 is 28.9 Å². The van der Waals surface area contributed by atoms with Crippen molar-refractivity contribution in [1.82, 2.24) is 0 Å². The molecule has 4 heteroatoms. The van der Waals surface area contributed by atoms with Crippen LogP contribution < -0.4 is 0 Å². The van der Waals surface area contributed by atoms with Gasteiger partial charge in [-0.2, -0.15) is 0 Å². The molecule has 0 fully saturated rings. The third kappa shape index (κ3) is 4.26. The van der Waals surface area contributed by atoms with E-state index < -0.39 is 0 Å². The van der Waals surface area contributed by atoms with Crippen molar-refractivity contribution in [3.63, 3.8) is 0 Å². The van der Waals surface area contributed by atoms with Crippen LogP contribution in [-0.2, 0) is 11.4 Å². The lowest BCUT2D eigenvalue weighted by Gasteiger charge is -2.05. The molecule has 0 heterocycles. The first kappa shape index (κ1) is 14.9. The highest BCUT2D eigenvalue weighted by Crippen LogP contribution is 2.14. The standard InChI is InChI=1S/C16H15Cl2NO/c1-2-16(13-4-3-5-15(18)10-13)19-20-11-12-6-8-14(17)9-7-12/h3-10H,2,11H2,1H3/b19-16+. The van der Waals surface area contributed by atoms with Gasteiger partial charge < -0.3 is 4.84 Å². The van der Waals surface area contributed by atoms with Crippen LogP contribution in [0.4, 0.5) is 0 Å². The molecule has 2 aromatic rings. The van der Waals surface area contributed by atoms with Crippen molar-refractivity contribution < 1.29 is 4.84 Å². The summed E-state index contributed by atoms with van der Waals surface area (Å²) < 4.78 is 0. The molecule has 0 bridgehead atoms. The van der Waals surface area contributed by atoms with Gasteiger partial charge in [-0.1, -0.05) is 59.5 Å². The number of rotatable bonds is 5. The van der Waals surface area contributed by atoms with Crippen LogP contribution in [0.25, 0.3) is 0 Å². The molecule has 2 nitrogen and oxygen atoms in total. The Labute approximate surface area is 129 Å². The lowest BCUT2D eigenvalue weighted by molar-refractivity contribution is 0.130. The van der Waals surface area contributed by atoms with Gasteiger partial charge in [0.15, 0.2) is 0 Å². The molecule has 0 aliphatic carbocycles. The zero-order valence-corrected chi connectivity index (χ0v) is 12.7. The summed E-state index contributed by atoms with van der Waals surface area (Å²) in [6.07, 6.45) is 0.779. The van der Waals surface area contributed by atoms with E-state index in [9.17, 15) is 0 Å². The average molecular weight is 308 g/mol. The number of oxime groups is 1. The molecule has 0 radical (unpaired) electrons. The minimum Gasteiger partial charge on any atom is -0.391 e. The highest BCUT2D eigenvalue weighted by atomic mass is 35.5. The summed E-state index contributed by atoms with van der Waals surface area (Å²) in [5, 5.41) is 5.61. The van der Waals surface area contributed by atoms with Crippen molar-refractivity contribution in [2.24, 2.45) is 5.16 Å². The maximum Gasteiger partial charge on any atom is 0.142 e. The van der Waals surface area contributed by atoms with Crippen LogP contribution in [0.3, 0.4) is 0 Å². The van der Waals surface area contributed by atoms with Gasteiger partial charge in [-0.15, -0.1) is 0 Å². The van der Waals surface area contributed by atoms with Crippen molar-refractivity contribution in [3.05, 3.63) is 69.7 Å². The molecule has 0 aliphatic rings. The van der Waals surface area contributed by atoms with Crippen LogP contribution in [0, 0.1) is 0 Å². The minimum atomic E-state index is 0.418. The van der Waals surface area contributed by atoms with E-state index in [0.717, 1.165) is 23.3 Å². The zero-order valence-electron chi connectivity index (χ0n) is 11.1. The van der Waals surface area contributed by atoms with E-state index in [-0.39, 0.29) is 0 Å². The van der Waals surface area contributed by atoms with Crippen LogP contribution in [0.15, 0.2) is 53.7 Å². The molecule has 0 saturated carbocycles. The molecule has 20 heavy (non-hydrogen) atoms. The Morgan fingerprint density at radius 1 is 1.05 bits per heavy atom. The van der Waals surface area contributed by atoms with E-state index in [1.54, 1.807) is 0 Å². The number of nitrogens with zero attached hydrogens (tertiary/aromatic N) is 1. The summed E-state index contributed by atoms with van der Waals surface area (Å²) in [5.74, 6) is 0. The number of hydrogen-bond acceptors (Lipinski definition) is 2. The summed E-state index contributed by atoms with van der Waals surface area (Å²) in [7, 11) is 0. The molecular weight excluding hydrogens is 293 g/mol. The Bertz CT molecular complexity index is 594. The van der Waals surface area contributed by atoms with E-state index in [0.29, 0.717) is 16.7 Å². The molecule has 0 unspecified atom stereocenters. The van der Waals surface area contributed by atoms with Gasteiger partial charge >= 0.3 is 0 Å². The summed E-state index contributed by atoms with van der Waals surface area (Å²) in [6, 6.07) is 15.1. The molecule has 0 aliphatic heterocycles. The fourth-order valence-electron chi connectivity index (χ4n) is 1.75. The van der Waals surface area contributed by atoms with Gasteiger partial charge in [0.2, 0.25) is 0 Å².